The minimum absolute atomic E-state index is 0.414. The molecule has 0 atom stereocenters. The van der Waals surface area contributed by atoms with Crippen LogP contribution in [0.5, 0.6) is 5.75 Å². The van der Waals surface area contributed by atoms with Gasteiger partial charge in [0.1, 0.15) is 22.4 Å². The number of nitrogens with one attached hydrogen (secondary N) is 3. The number of halogens is 1. The van der Waals surface area contributed by atoms with Crippen molar-refractivity contribution >= 4 is 34.9 Å². The Morgan fingerprint density at radius 1 is 1.16 bits per heavy atom. The highest BCUT2D eigenvalue weighted by Crippen LogP contribution is 2.31. The number of ether oxygens (including phenoxy) is 2. The van der Waals surface area contributed by atoms with E-state index in [0.717, 1.165) is 67.5 Å². The van der Waals surface area contributed by atoms with Crippen LogP contribution in [-0.2, 0) is 4.74 Å². The minimum Gasteiger partial charge on any atom is -0.494 e. The monoisotopic (exact) mass is 540 g/mol. The van der Waals surface area contributed by atoms with Crippen molar-refractivity contribution < 1.29 is 9.47 Å². The van der Waals surface area contributed by atoms with Crippen molar-refractivity contribution in [2.75, 3.05) is 51.0 Å². The lowest BCUT2D eigenvalue weighted by Crippen LogP contribution is -2.37. The number of hydrogen-bond donors (Lipinski definition) is 3. The predicted molar refractivity (Wildman–Crippen MR) is 146 cm³/mol. The summed E-state index contributed by atoms with van der Waals surface area (Å²) >= 11 is 7.71. The zero-order valence-electron chi connectivity index (χ0n) is 20.8. The Bertz CT molecular complexity index is 1320. The number of H-pyrrole nitrogens is 2. The van der Waals surface area contributed by atoms with Crippen LogP contribution in [-0.4, -0.2) is 80.7 Å². The van der Waals surface area contributed by atoms with Gasteiger partial charge < -0.3 is 19.8 Å². The van der Waals surface area contributed by atoms with E-state index in [1.54, 1.807) is 12.4 Å². The summed E-state index contributed by atoms with van der Waals surface area (Å²) in [5, 5.41) is 11.5. The number of anilines is 2. The lowest BCUT2D eigenvalue weighted by Gasteiger charge is -2.26. The maximum Gasteiger partial charge on any atom is 0.190 e. The van der Waals surface area contributed by atoms with Gasteiger partial charge in [-0.05, 0) is 49.4 Å². The summed E-state index contributed by atoms with van der Waals surface area (Å²) in [5.74, 6) is 2.13. The lowest BCUT2D eigenvalue weighted by atomic mass is 10.1. The molecule has 4 aromatic rings. The van der Waals surface area contributed by atoms with E-state index < -0.39 is 0 Å². The zero-order valence-corrected chi connectivity index (χ0v) is 22.3. The second-order valence-corrected chi connectivity index (χ2v) is 9.72. The van der Waals surface area contributed by atoms with E-state index >= 15 is 0 Å². The highest BCUT2D eigenvalue weighted by Gasteiger charge is 2.16. The number of hydrogen-bond acceptors (Lipinski definition) is 9. The van der Waals surface area contributed by atoms with Crippen molar-refractivity contribution in [3.63, 3.8) is 0 Å². The van der Waals surface area contributed by atoms with Gasteiger partial charge in [-0.25, -0.2) is 15.0 Å². The summed E-state index contributed by atoms with van der Waals surface area (Å²) in [6, 6.07) is 8.02. The van der Waals surface area contributed by atoms with Crippen LogP contribution >= 0.6 is 23.4 Å². The third-order valence-electron chi connectivity index (χ3n) is 6.11. The molecule has 0 saturated carbocycles. The van der Waals surface area contributed by atoms with E-state index in [-0.39, 0.29) is 0 Å². The van der Waals surface area contributed by atoms with Gasteiger partial charge in [0.05, 0.1) is 43.6 Å². The molecule has 0 radical (unpaired) electrons. The SMILES string of the molecule is CSc1nc(Cl)c(C)c(Nc2cn[nH]c2-c2ncc(-c3ccc(OCCCN4CCOCC4)cc3)[nH]2)n1. The van der Waals surface area contributed by atoms with Crippen LogP contribution in [0.4, 0.5) is 11.5 Å². The molecular weight excluding hydrogens is 512 g/mol. The van der Waals surface area contributed by atoms with Gasteiger partial charge >= 0.3 is 0 Å². The predicted octanol–water partition coefficient (Wildman–Crippen LogP) is 4.79. The molecule has 1 aliphatic heterocycles. The van der Waals surface area contributed by atoms with E-state index in [4.69, 9.17) is 21.1 Å². The largest absolute Gasteiger partial charge is 0.494 e. The number of benzene rings is 1. The first-order valence-electron chi connectivity index (χ1n) is 12.1. The van der Waals surface area contributed by atoms with Crippen LogP contribution in [0.1, 0.15) is 12.0 Å². The lowest BCUT2D eigenvalue weighted by molar-refractivity contribution is 0.0358. The van der Waals surface area contributed by atoms with E-state index in [1.807, 2.05) is 37.4 Å². The van der Waals surface area contributed by atoms with Gasteiger partial charge in [-0.3, -0.25) is 10.00 Å². The molecule has 3 aromatic heterocycles. The maximum absolute atomic E-state index is 6.28. The van der Waals surface area contributed by atoms with Crippen molar-refractivity contribution in [3.05, 3.63) is 47.4 Å². The quantitative estimate of drug-likeness (QED) is 0.113. The smallest absolute Gasteiger partial charge is 0.190 e. The van der Waals surface area contributed by atoms with Gasteiger partial charge in [0.25, 0.3) is 0 Å². The van der Waals surface area contributed by atoms with Crippen LogP contribution in [0, 0.1) is 6.92 Å². The fourth-order valence-corrected chi connectivity index (χ4v) is 4.59. The zero-order chi connectivity index (χ0) is 25.6. The van der Waals surface area contributed by atoms with Crippen molar-refractivity contribution in [3.8, 4) is 28.5 Å². The van der Waals surface area contributed by atoms with Gasteiger partial charge in [-0.2, -0.15) is 5.10 Å². The Labute approximate surface area is 224 Å². The molecule has 0 amide bonds. The molecule has 1 fully saturated rings. The summed E-state index contributed by atoms with van der Waals surface area (Å²) in [6.07, 6.45) is 6.39. The molecule has 1 saturated heterocycles. The number of morpholine rings is 1. The average molecular weight is 541 g/mol. The van der Waals surface area contributed by atoms with Gasteiger partial charge in [0.15, 0.2) is 11.0 Å². The molecule has 37 heavy (non-hydrogen) atoms. The highest BCUT2D eigenvalue weighted by atomic mass is 35.5. The van der Waals surface area contributed by atoms with Crippen molar-refractivity contribution in [1.82, 2.24) is 35.0 Å². The third-order valence-corrected chi connectivity index (χ3v) is 7.03. The maximum atomic E-state index is 6.28. The van der Waals surface area contributed by atoms with Crippen LogP contribution in [0.2, 0.25) is 5.15 Å². The molecule has 5 rings (SSSR count). The van der Waals surface area contributed by atoms with Gasteiger partial charge in [0, 0.05) is 25.2 Å². The Morgan fingerprint density at radius 2 is 1.97 bits per heavy atom. The van der Waals surface area contributed by atoms with E-state index in [2.05, 4.69) is 40.3 Å². The fourth-order valence-electron chi connectivity index (χ4n) is 4.00. The Hall–Kier alpha value is -3.12. The molecule has 10 nitrogen and oxygen atoms in total. The van der Waals surface area contributed by atoms with E-state index in [1.165, 1.54) is 11.8 Å². The second-order valence-electron chi connectivity index (χ2n) is 8.58. The summed E-state index contributed by atoms with van der Waals surface area (Å²) < 4.78 is 11.3. The molecule has 1 aliphatic rings. The van der Waals surface area contributed by atoms with Crippen LogP contribution < -0.4 is 10.1 Å². The number of thioether (sulfide) groups is 1. The number of imidazole rings is 1. The summed E-state index contributed by atoms with van der Waals surface area (Å²) in [4.78, 5) is 19.2. The number of aromatic nitrogens is 6. The van der Waals surface area contributed by atoms with Crippen LogP contribution in [0.25, 0.3) is 22.8 Å². The second kappa shape index (κ2) is 12.0. The molecule has 194 valence electrons. The van der Waals surface area contributed by atoms with Gasteiger partial charge in [-0.15, -0.1) is 0 Å². The molecule has 0 bridgehead atoms. The first kappa shape index (κ1) is 25.5. The molecule has 3 N–H and O–H groups in total. The van der Waals surface area contributed by atoms with Crippen molar-refractivity contribution in [2.45, 2.75) is 18.5 Å². The molecule has 12 heteroatoms. The van der Waals surface area contributed by atoms with Gasteiger partial charge in [-0.1, -0.05) is 23.4 Å². The molecule has 4 heterocycles. The Morgan fingerprint density at radius 3 is 2.76 bits per heavy atom. The standard InChI is InChI=1S/C25H29ClN8O2S/c1-16-22(26)31-25(37-2)32-23(16)30-20-15-28-33-21(20)24-27-14-19(29-24)17-4-6-18(7-5-17)36-11-3-8-34-9-12-35-13-10-34/h4-7,14-15H,3,8-13H2,1-2H3,(H,27,29)(H,28,33)(H,30,31,32). The first-order valence-corrected chi connectivity index (χ1v) is 13.7. The highest BCUT2D eigenvalue weighted by molar-refractivity contribution is 7.98. The van der Waals surface area contributed by atoms with Crippen molar-refractivity contribution in [1.29, 1.82) is 0 Å². The number of nitrogens with zero attached hydrogens (tertiary/aromatic N) is 5. The minimum atomic E-state index is 0.414. The Balaban J connectivity index is 1.22. The van der Waals surface area contributed by atoms with Gasteiger partial charge in [0.2, 0.25) is 0 Å². The number of aromatic amines is 2. The Kier molecular flexibility index (Phi) is 8.24. The molecule has 0 spiro atoms. The molecule has 0 aliphatic carbocycles. The normalized spacial score (nSPS) is 14.1. The summed E-state index contributed by atoms with van der Waals surface area (Å²) in [6.45, 7) is 7.25. The fraction of sp³-hybridized carbons (Fsp3) is 0.360. The summed E-state index contributed by atoms with van der Waals surface area (Å²) in [5.41, 5.74) is 4.10. The molecule has 0 unspecified atom stereocenters. The molecule has 1 aromatic carbocycles. The van der Waals surface area contributed by atoms with E-state index in [0.29, 0.717) is 34.3 Å². The van der Waals surface area contributed by atoms with Crippen LogP contribution in [0.3, 0.4) is 0 Å². The first-order chi connectivity index (χ1) is 18.1. The van der Waals surface area contributed by atoms with E-state index in [9.17, 15) is 0 Å². The molecular formula is C25H29ClN8O2S. The third kappa shape index (κ3) is 6.24. The number of rotatable bonds is 10. The summed E-state index contributed by atoms with van der Waals surface area (Å²) in [7, 11) is 0. The van der Waals surface area contributed by atoms with Crippen LogP contribution in [0.15, 0.2) is 41.8 Å². The van der Waals surface area contributed by atoms with Crippen molar-refractivity contribution in [2.24, 2.45) is 0 Å². The topological polar surface area (TPSA) is 117 Å². The average Bonchev–Trinajstić information content (AvgIpc) is 3.60.